The van der Waals surface area contributed by atoms with Crippen molar-refractivity contribution >= 4 is 17.6 Å². The highest BCUT2D eigenvalue weighted by Gasteiger charge is 2.21. The average molecular weight is 272 g/mol. The van der Waals surface area contributed by atoms with Crippen LogP contribution in [-0.2, 0) is 4.79 Å². The molecular weight excluding hydrogens is 258 g/mol. The molecule has 0 amide bonds. The summed E-state index contributed by atoms with van der Waals surface area (Å²) in [6.07, 6.45) is 0.598. The number of hydrogen-bond donors (Lipinski definition) is 2. The van der Waals surface area contributed by atoms with Gasteiger partial charge in [-0.3, -0.25) is 4.79 Å². The standard InChI is InChI=1S/C12H14ClNO4/c13-11-7(8(14)6-10(15)16)2-3-9-12(11)18-5-1-4-17-9/h2-3,8H,1,4-6,14H2,(H,15,16). The SMILES string of the molecule is NC(CC(=O)O)c1ccc2c(c1Cl)OCCCO2. The van der Waals surface area contributed by atoms with Gasteiger partial charge in [0.1, 0.15) is 0 Å². The second-order valence-electron chi connectivity index (χ2n) is 4.05. The number of halogens is 1. The predicted octanol–water partition coefficient (Wildman–Crippen LogP) is 1.98. The predicted molar refractivity (Wildman–Crippen MR) is 66.2 cm³/mol. The molecule has 0 saturated heterocycles. The van der Waals surface area contributed by atoms with Crippen LogP contribution < -0.4 is 15.2 Å². The van der Waals surface area contributed by atoms with Gasteiger partial charge in [0, 0.05) is 12.5 Å². The van der Waals surface area contributed by atoms with E-state index in [1.165, 1.54) is 0 Å². The van der Waals surface area contributed by atoms with Gasteiger partial charge in [-0.15, -0.1) is 0 Å². The minimum atomic E-state index is -0.967. The molecule has 0 spiro atoms. The molecule has 2 rings (SSSR count). The van der Waals surface area contributed by atoms with Gasteiger partial charge >= 0.3 is 5.97 Å². The molecule has 5 nitrogen and oxygen atoms in total. The topological polar surface area (TPSA) is 81.8 Å². The van der Waals surface area contributed by atoms with Crippen molar-refractivity contribution in [2.75, 3.05) is 13.2 Å². The molecule has 1 atom stereocenters. The minimum absolute atomic E-state index is 0.181. The van der Waals surface area contributed by atoms with Crippen molar-refractivity contribution in [1.82, 2.24) is 0 Å². The molecule has 3 N–H and O–H groups in total. The Balaban J connectivity index is 2.33. The van der Waals surface area contributed by atoms with E-state index < -0.39 is 12.0 Å². The molecule has 0 bridgehead atoms. The Morgan fingerprint density at radius 3 is 2.89 bits per heavy atom. The van der Waals surface area contributed by atoms with Gasteiger partial charge in [-0.2, -0.15) is 0 Å². The smallest absolute Gasteiger partial charge is 0.305 e. The molecule has 0 saturated carbocycles. The molecule has 1 heterocycles. The van der Waals surface area contributed by atoms with E-state index >= 15 is 0 Å². The van der Waals surface area contributed by atoms with Crippen molar-refractivity contribution in [3.8, 4) is 11.5 Å². The number of benzene rings is 1. The van der Waals surface area contributed by atoms with E-state index in [-0.39, 0.29) is 6.42 Å². The highest BCUT2D eigenvalue weighted by atomic mass is 35.5. The maximum Gasteiger partial charge on any atom is 0.305 e. The number of aliphatic carboxylic acids is 1. The second kappa shape index (κ2) is 5.46. The first kappa shape index (κ1) is 13.0. The Morgan fingerprint density at radius 2 is 2.17 bits per heavy atom. The molecule has 18 heavy (non-hydrogen) atoms. The molecule has 0 aromatic heterocycles. The lowest BCUT2D eigenvalue weighted by Crippen LogP contribution is -2.15. The van der Waals surface area contributed by atoms with Crippen molar-refractivity contribution in [1.29, 1.82) is 0 Å². The van der Waals surface area contributed by atoms with Crippen molar-refractivity contribution < 1.29 is 19.4 Å². The Kier molecular flexibility index (Phi) is 3.93. The van der Waals surface area contributed by atoms with Crippen LogP contribution >= 0.6 is 11.6 Å². The summed E-state index contributed by atoms with van der Waals surface area (Å²) in [7, 11) is 0. The van der Waals surface area contributed by atoms with E-state index in [9.17, 15) is 4.79 Å². The Hall–Kier alpha value is -1.46. The number of hydrogen-bond acceptors (Lipinski definition) is 4. The van der Waals surface area contributed by atoms with E-state index in [1.54, 1.807) is 12.1 Å². The monoisotopic (exact) mass is 271 g/mol. The largest absolute Gasteiger partial charge is 0.490 e. The minimum Gasteiger partial charge on any atom is -0.490 e. The van der Waals surface area contributed by atoms with Crippen LogP contribution in [-0.4, -0.2) is 24.3 Å². The van der Waals surface area contributed by atoms with Gasteiger partial charge in [0.2, 0.25) is 0 Å². The van der Waals surface area contributed by atoms with Gasteiger partial charge < -0.3 is 20.3 Å². The fourth-order valence-electron chi connectivity index (χ4n) is 1.80. The first-order chi connectivity index (χ1) is 8.59. The molecule has 1 unspecified atom stereocenters. The molecule has 0 aliphatic carbocycles. The molecule has 98 valence electrons. The summed E-state index contributed by atoms with van der Waals surface area (Å²) in [5.74, 6) is 0.0574. The first-order valence-electron chi connectivity index (χ1n) is 5.65. The zero-order valence-electron chi connectivity index (χ0n) is 9.69. The number of nitrogens with two attached hydrogens (primary N) is 1. The summed E-state index contributed by atoms with van der Waals surface area (Å²) in [6, 6.07) is 2.74. The Morgan fingerprint density at radius 1 is 1.44 bits per heavy atom. The fourth-order valence-corrected chi connectivity index (χ4v) is 2.15. The summed E-state index contributed by atoms with van der Waals surface area (Å²) < 4.78 is 11.0. The first-order valence-corrected chi connectivity index (χ1v) is 6.02. The highest BCUT2D eigenvalue weighted by molar-refractivity contribution is 6.33. The van der Waals surface area contributed by atoms with Gasteiger partial charge in [0.25, 0.3) is 0 Å². The maximum absolute atomic E-state index is 10.7. The van der Waals surface area contributed by atoms with Crippen LogP contribution in [0.3, 0.4) is 0 Å². The van der Waals surface area contributed by atoms with Crippen molar-refractivity contribution in [2.24, 2.45) is 5.73 Å². The van der Waals surface area contributed by atoms with Crippen LogP contribution in [0.25, 0.3) is 0 Å². The molecule has 1 aromatic carbocycles. The normalized spacial score (nSPS) is 15.9. The molecule has 1 aliphatic rings. The molecule has 6 heteroatoms. The highest BCUT2D eigenvalue weighted by Crippen LogP contribution is 2.41. The van der Waals surface area contributed by atoms with E-state index in [0.717, 1.165) is 6.42 Å². The zero-order valence-corrected chi connectivity index (χ0v) is 10.4. The average Bonchev–Trinajstić information content (AvgIpc) is 2.54. The molecule has 1 aromatic rings. The second-order valence-corrected chi connectivity index (χ2v) is 4.43. The van der Waals surface area contributed by atoms with Crippen LogP contribution in [0.1, 0.15) is 24.4 Å². The molecule has 0 fully saturated rings. The Bertz CT molecular complexity index is 464. The third-order valence-electron chi connectivity index (χ3n) is 2.68. The number of rotatable bonds is 3. The summed E-state index contributed by atoms with van der Waals surface area (Å²) in [6.45, 7) is 1.09. The van der Waals surface area contributed by atoms with Crippen molar-refractivity contribution in [2.45, 2.75) is 18.9 Å². The number of fused-ring (bicyclic) bond motifs is 1. The number of carboxylic acids is 1. The lowest BCUT2D eigenvalue weighted by Gasteiger charge is -2.16. The molecular formula is C12H14ClNO4. The van der Waals surface area contributed by atoms with Crippen LogP contribution in [0.4, 0.5) is 0 Å². The summed E-state index contributed by atoms with van der Waals surface area (Å²) >= 11 is 6.20. The van der Waals surface area contributed by atoms with Gasteiger partial charge in [-0.1, -0.05) is 17.7 Å². The lowest BCUT2D eigenvalue weighted by atomic mass is 10.0. The van der Waals surface area contributed by atoms with Gasteiger partial charge in [0.05, 0.1) is 24.7 Å². The third-order valence-corrected chi connectivity index (χ3v) is 3.07. The van der Waals surface area contributed by atoms with Gasteiger partial charge in [-0.05, 0) is 11.6 Å². The summed E-state index contributed by atoms with van der Waals surface area (Å²) in [5.41, 5.74) is 6.37. The van der Waals surface area contributed by atoms with Gasteiger partial charge in [0.15, 0.2) is 11.5 Å². The van der Waals surface area contributed by atoms with E-state index in [2.05, 4.69) is 0 Å². The molecule has 1 aliphatic heterocycles. The maximum atomic E-state index is 10.7. The van der Waals surface area contributed by atoms with E-state index in [4.69, 9.17) is 31.9 Å². The van der Waals surface area contributed by atoms with Crippen molar-refractivity contribution in [3.05, 3.63) is 22.7 Å². The number of carbonyl (C=O) groups is 1. The van der Waals surface area contributed by atoms with Crippen LogP contribution in [0.2, 0.25) is 5.02 Å². The van der Waals surface area contributed by atoms with Crippen LogP contribution in [0, 0.1) is 0 Å². The van der Waals surface area contributed by atoms with Crippen molar-refractivity contribution in [3.63, 3.8) is 0 Å². The zero-order chi connectivity index (χ0) is 13.1. The molecule has 0 radical (unpaired) electrons. The number of ether oxygens (including phenoxy) is 2. The van der Waals surface area contributed by atoms with Gasteiger partial charge in [-0.25, -0.2) is 0 Å². The van der Waals surface area contributed by atoms with Crippen LogP contribution in [0.15, 0.2) is 12.1 Å². The summed E-state index contributed by atoms with van der Waals surface area (Å²) in [5, 5.41) is 9.08. The lowest BCUT2D eigenvalue weighted by molar-refractivity contribution is -0.137. The van der Waals surface area contributed by atoms with E-state index in [1.807, 2.05) is 0 Å². The quantitative estimate of drug-likeness (QED) is 0.878. The van der Waals surface area contributed by atoms with Crippen LogP contribution in [0.5, 0.6) is 11.5 Å². The summed E-state index contributed by atoms with van der Waals surface area (Å²) in [4.78, 5) is 10.7. The number of carboxylic acid groups (broad SMARTS) is 1. The Labute approximate surface area is 109 Å². The fraction of sp³-hybridized carbons (Fsp3) is 0.417. The van der Waals surface area contributed by atoms with E-state index in [0.29, 0.717) is 35.3 Å². The third kappa shape index (κ3) is 2.68.